The molecule has 5 rings (SSSR count). The predicted molar refractivity (Wildman–Crippen MR) is 115 cm³/mol. The molecule has 29 heavy (non-hydrogen) atoms. The zero-order valence-electron chi connectivity index (χ0n) is 16.2. The molecule has 7 nitrogen and oxygen atoms in total. The maximum absolute atomic E-state index is 6.35. The third kappa shape index (κ3) is 3.09. The molecule has 0 spiro atoms. The molecule has 4 heterocycles. The Morgan fingerprint density at radius 1 is 1.14 bits per heavy atom. The summed E-state index contributed by atoms with van der Waals surface area (Å²) in [5.41, 5.74) is 11.6. The minimum atomic E-state index is 0.238. The van der Waals surface area contributed by atoms with E-state index in [2.05, 4.69) is 33.1 Å². The van der Waals surface area contributed by atoms with Gasteiger partial charge in [-0.05, 0) is 36.8 Å². The van der Waals surface area contributed by atoms with E-state index in [1.807, 2.05) is 36.4 Å². The van der Waals surface area contributed by atoms with E-state index in [-0.39, 0.29) is 6.04 Å². The number of pyridine rings is 2. The molecule has 0 aliphatic carbocycles. The van der Waals surface area contributed by atoms with Gasteiger partial charge in [0.1, 0.15) is 17.0 Å². The standard InChI is InChI=1S/C22H22N6O/c1-14-13-29-11-10-28(14)20-12-17(15-4-2-3-5-18(15)23)16-6-8-24-22(21(16)26-20)19-7-9-25-27-19/h2-9,12,14H,10-11,13,23H2,1H3,(H,25,27)/t14-/m1/s1. The van der Waals surface area contributed by atoms with Gasteiger partial charge < -0.3 is 15.4 Å². The Labute approximate surface area is 168 Å². The summed E-state index contributed by atoms with van der Waals surface area (Å²) in [6.45, 7) is 4.32. The van der Waals surface area contributed by atoms with Crippen LogP contribution in [0, 0.1) is 0 Å². The number of nitrogens with one attached hydrogen (secondary N) is 1. The largest absolute Gasteiger partial charge is 0.398 e. The summed E-state index contributed by atoms with van der Waals surface area (Å²) < 4.78 is 5.62. The second-order valence-electron chi connectivity index (χ2n) is 7.26. The first-order valence-electron chi connectivity index (χ1n) is 9.71. The number of hydrogen-bond acceptors (Lipinski definition) is 6. The number of nitrogens with zero attached hydrogens (tertiary/aromatic N) is 4. The molecule has 4 aromatic rings. The molecule has 0 amide bonds. The molecular formula is C22H22N6O. The number of rotatable bonds is 3. The normalized spacial score (nSPS) is 17.0. The van der Waals surface area contributed by atoms with Crippen molar-refractivity contribution in [3.05, 3.63) is 54.9 Å². The summed E-state index contributed by atoms with van der Waals surface area (Å²) >= 11 is 0. The molecule has 1 fully saturated rings. The van der Waals surface area contributed by atoms with E-state index in [1.54, 1.807) is 12.4 Å². The van der Waals surface area contributed by atoms with Crippen LogP contribution in [-0.2, 0) is 4.74 Å². The third-order valence-corrected chi connectivity index (χ3v) is 5.38. The molecule has 1 saturated heterocycles. The average molecular weight is 386 g/mol. The molecule has 3 N–H and O–H groups in total. The maximum atomic E-state index is 6.35. The Balaban J connectivity index is 1.80. The molecule has 1 aliphatic heterocycles. The van der Waals surface area contributed by atoms with E-state index in [4.69, 9.17) is 15.5 Å². The van der Waals surface area contributed by atoms with Crippen molar-refractivity contribution in [3.63, 3.8) is 0 Å². The first-order chi connectivity index (χ1) is 14.2. The molecule has 3 aromatic heterocycles. The van der Waals surface area contributed by atoms with E-state index in [0.717, 1.165) is 51.5 Å². The molecule has 1 atom stereocenters. The van der Waals surface area contributed by atoms with Gasteiger partial charge >= 0.3 is 0 Å². The Morgan fingerprint density at radius 2 is 2.03 bits per heavy atom. The molecule has 7 heteroatoms. The Hall–Kier alpha value is -3.45. The first-order valence-corrected chi connectivity index (χ1v) is 9.71. The lowest BCUT2D eigenvalue weighted by Crippen LogP contribution is -2.44. The quantitative estimate of drug-likeness (QED) is 0.524. The number of H-pyrrole nitrogens is 1. The van der Waals surface area contributed by atoms with E-state index in [1.165, 1.54) is 0 Å². The number of nitrogen functional groups attached to an aromatic ring is 1. The number of ether oxygens (including phenoxy) is 1. The number of anilines is 2. The van der Waals surface area contributed by atoms with Gasteiger partial charge in [-0.2, -0.15) is 5.10 Å². The van der Waals surface area contributed by atoms with Crippen molar-refractivity contribution < 1.29 is 4.74 Å². The minimum absolute atomic E-state index is 0.238. The van der Waals surface area contributed by atoms with Gasteiger partial charge in [-0.1, -0.05) is 18.2 Å². The van der Waals surface area contributed by atoms with Crippen molar-refractivity contribution >= 4 is 22.4 Å². The lowest BCUT2D eigenvalue weighted by molar-refractivity contribution is 0.0986. The summed E-state index contributed by atoms with van der Waals surface area (Å²) in [6.07, 6.45) is 3.53. The number of aromatic amines is 1. The van der Waals surface area contributed by atoms with Crippen LogP contribution < -0.4 is 10.6 Å². The Kier molecular flexibility index (Phi) is 4.37. The number of fused-ring (bicyclic) bond motifs is 1. The summed E-state index contributed by atoms with van der Waals surface area (Å²) in [5.74, 6) is 0.903. The molecule has 1 aliphatic rings. The highest BCUT2D eigenvalue weighted by atomic mass is 16.5. The van der Waals surface area contributed by atoms with Crippen LogP contribution in [0.1, 0.15) is 6.92 Å². The molecular weight excluding hydrogens is 364 g/mol. The number of nitrogens with two attached hydrogens (primary N) is 1. The molecule has 0 radical (unpaired) electrons. The van der Waals surface area contributed by atoms with E-state index >= 15 is 0 Å². The van der Waals surface area contributed by atoms with E-state index in [0.29, 0.717) is 13.2 Å². The number of para-hydroxylation sites is 1. The number of hydrogen-bond donors (Lipinski definition) is 2. The zero-order chi connectivity index (χ0) is 19.8. The molecule has 0 saturated carbocycles. The fourth-order valence-corrected chi connectivity index (χ4v) is 3.90. The van der Waals surface area contributed by atoms with Gasteiger partial charge in [0.2, 0.25) is 0 Å². The van der Waals surface area contributed by atoms with E-state index < -0.39 is 0 Å². The fraction of sp³-hybridized carbons (Fsp3) is 0.227. The number of morpholine rings is 1. The van der Waals surface area contributed by atoms with Crippen LogP contribution in [-0.4, -0.2) is 46.0 Å². The Morgan fingerprint density at radius 3 is 2.83 bits per heavy atom. The van der Waals surface area contributed by atoms with Gasteiger partial charge in [-0.15, -0.1) is 0 Å². The molecule has 1 aromatic carbocycles. The molecule has 146 valence electrons. The van der Waals surface area contributed by atoms with Crippen LogP contribution in [0.3, 0.4) is 0 Å². The number of benzene rings is 1. The van der Waals surface area contributed by atoms with Crippen molar-refractivity contribution in [2.45, 2.75) is 13.0 Å². The SMILES string of the molecule is C[C@@H]1COCCN1c1cc(-c2ccccc2N)c2ccnc(-c3ccn[nH]3)c2n1. The monoisotopic (exact) mass is 386 g/mol. The predicted octanol–water partition coefficient (Wildman–Crippen LogP) is 3.49. The third-order valence-electron chi connectivity index (χ3n) is 5.38. The summed E-state index contributed by atoms with van der Waals surface area (Å²) in [6, 6.07) is 14.2. The van der Waals surface area contributed by atoms with Crippen molar-refractivity contribution in [2.75, 3.05) is 30.4 Å². The lowest BCUT2D eigenvalue weighted by Gasteiger charge is -2.34. The highest BCUT2D eigenvalue weighted by Crippen LogP contribution is 2.37. The van der Waals surface area contributed by atoms with Crippen molar-refractivity contribution in [1.29, 1.82) is 0 Å². The van der Waals surface area contributed by atoms with Crippen molar-refractivity contribution in [2.24, 2.45) is 0 Å². The van der Waals surface area contributed by atoms with Crippen LogP contribution in [0.2, 0.25) is 0 Å². The van der Waals surface area contributed by atoms with Crippen LogP contribution in [0.15, 0.2) is 54.9 Å². The van der Waals surface area contributed by atoms with Gasteiger partial charge in [0.25, 0.3) is 0 Å². The second-order valence-corrected chi connectivity index (χ2v) is 7.26. The van der Waals surface area contributed by atoms with Gasteiger partial charge in [0.05, 0.1) is 24.9 Å². The van der Waals surface area contributed by atoms with E-state index in [9.17, 15) is 0 Å². The summed E-state index contributed by atoms with van der Waals surface area (Å²) in [7, 11) is 0. The topological polar surface area (TPSA) is 93.0 Å². The van der Waals surface area contributed by atoms with Crippen LogP contribution in [0.5, 0.6) is 0 Å². The average Bonchev–Trinajstić information content (AvgIpc) is 3.28. The van der Waals surface area contributed by atoms with Crippen LogP contribution >= 0.6 is 0 Å². The maximum Gasteiger partial charge on any atom is 0.130 e. The highest BCUT2D eigenvalue weighted by molar-refractivity contribution is 6.03. The van der Waals surface area contributed by atoms with Crippen LogP contribution in [0.4, 0.5) is 11.5 Å². The van der Waals surface area contributed by atoms with Crippen molar-refractivity contribution in [3.8, 4) is 22.5 Å². The summed E-state index contributed by atoms with van der Waals surface area (Å²) in [4.78, 5) is 11.9. The van der Waals surface area contributed by atoms with Gasteiger partial charge in [-0.3, -0.25) is 10.1 Å². The highest BCUT2D eigenvalue weighted by Gasteiger charge is 2.23. The molecule has 0 unspecified atom stereocenters. The van der Waals surface area contributed by atoms with Gasteiger partial charge in [-0.25, -0.2) is 4.98 Å². The minimum Gasteiger partial charge on any atom is -0.398 e. The van der Waals surface area contributed by atoms with Crippen LogP contribution in [0.25, 0.3) is 33.4 Å². The van der Waals surface area contributed by atoms with Gasteiger partial charge in [0.15, 0.2) is 0 Å². The fourth-order valence-electron chi connectivity index (χ4n) is 3.90. The van der Waals surface area contributed by atoms with Gasteiger partial charge in [0, 0.05) is 35.6 Å². The summed E-state index contributed by atoms with van der Waals surface area (Å²) in [5, 5.41) is 8.10. The smallest absolute Gasteiger partial charge is 0.130 e. The first kappa shape index (κ1) is 17.6. The number of aromatic nitrogens is 4. The molecule has 0 bridgehead atoms. The zero-order valence-corrected chi connectivity index (χ0v) is 16.2. The Bertz CT molecular complexity index is 1160. The lowest BCUT2D eigenvalue weighted by atomic mass is 9.98. The second kappa shape index (κ2) is 7.18. The van der Waals surface area contributed by atoms with Crippen molar-refractivity contribution in [1.82, 2.24) is 20.2 Å².